The maximum Gasteiger partial charge on any atom is 0.431 e. The summed E-state index contributed by atoms with van der Waals surface area (Å²) in [5, 5.41) is 10.8. The van der Waals surface area contributed by atoms with Crippen molar-refractivity contribution in [2.75, 3.05) is 6.61 Å². The third-order valence-electron chi connectivity index (χ3n) is 5.06. The number of hydrogen-bond acceptors (Lipinski definition) is 7. The lowest BCUT2D eigenvalue weighted by Gasteiger charge is -2.35. The minimum absolute atomic E-state index is 0.0690. The van der Waals surface area contributed by atoms with Crippen LogP contribution in [-0.4, -0.2) is 29.8 Å². The lowest BCUT2D eigenvalue weighted by Crippen LogP contribution is -2.61. The van der Waals surface area contributed by atoms with Gasteiger partial charge in [0.15, 0.2) is 0 Å². The Morgan fingerprint density at radius 3 is 1.81 bits per heavy atom. The highest BCUT2D eigenvalue weighted by atomic mass is 16.6. The van der Waals surface area contributed by atoms with Crippen LogP contribution in [0, 0.1) is 11.3 Å². The number of hydrazine groups is 1. The lowest BCUT2D eigenvalue weighted by molar-refractivity contribution is -0.155. The van der Waals surface area contributed by atoms with Crippen molar-refractivity contribution < 1.29 is 28.6 Å². The zero-order valence-corrected chi connectivity index (χ0v) is 19.6. The van der Waals surface area contributed by atoms with E-state index >= 15 is 0 Å². The highest BCUT2D eigenvalue weighted by Crippen LogP contribution is 2.30. The first-order chi connectivity index (χ1) is 17.5. The molecule has 3 aromatic rings. The molecule has 1 N–H and O–H groups in total. The Kier molecular flexibility index (Phi) is 9.00. The van der Waals surface area contributed by atoms with E-state index in [0.29, 0.717) is 16.1 Å². The molecule has 0 radical (unpaired) electrons. The fourth-order valence-electron chi connectivity index (χ4n) is 3.31. The molecule has 0 aliphatic carbocycles. The third-order valence-corrected chi connectivity index (χ3v) is 5.06. The minimum atomic E-state index is -2.39. The van der Waals surface area contributed by atoms with Gasteiger partial charge in [-0.2, -0.15) is 10.3 Å². The summed E-state index contributed by atoms with van der Waals surface area (Å²) >= 11 is 0. The molecular weight excluding hydrogens is 462 g/mol. The van der Waals surface area contributed by atoms with Gasteiger partial charge in [0.2, 0.25) is 0 Å². The average molecular weight is 488 g/mol. The van der Waals surface area contributed by atoms with E-state index in [1.807, 2.05) is 12.1 Å². The van der Waals surface area contributed by atoms with E-state index in [-0.39, 0.29) is 25.4 Å². The van der Waals surface area contributed by atoms with Crippen molar-refractivity contribution in [2.45, 2.75) is 25.7 Å². The van der Waals surface area contributed by atoms with Crippen molar-refractivity contribution in [1.29, 1.82) is 5.26 Å². The van der Waals surface area contributed by atoms with E-state index in [1.54, 1.807) is 79.7 Å². The zero-order valence-electron chi connectivity index (χ0n) is 19.6. The normalized spacial score (nSPS) is 11.8. The number of esters is 1. The molecule has 0 fully saturated rings. The minimum Gasteiger partial charge on any atom is -0.463 e. The molecular formula is C27H25N3O6. The number of benzene rings is 3. The van der Waals surface area contributed by atoms with E-state index in [1.165, 1.54) is 12.1 Å². The number of rotatable bonds is 8. The molecule has 184 valence electrons. The van der Waals surface area contributed by atoms with Gasteiger partial charge in [0.05, 0.1) is 6.61 Å². The largest absolute Gasteiger partial charge is 0.463 e. The van der Waals surface area contributed by atoms with E-state index in [9.17, 15) is 19.6 Å². The highest BCUT2D eigenvalue weighted by molar-refractivity contribution is 5.91. The molecule has 0 aliphatic heterocycles. The highest BCUT2D eigenvalue weighted by Gasteiger charge is 2.53. The lowest BCUT2D eigenvalue weighted by atomic mass is 9.90. The molecule has 0 saturated carbocycles. The summed E-state index contributed by atoms with van der Waals surface area (Å²) in [7, 11) is 0. The van der Waals surface area contributed by atoms with Crippen molar-refractivity contribution in [3.63, 3.8) is 0 Å². The number of amides is 2. The van der Waals surface area contributed by atoms with Crippen LogP contribution in [0.4, 0.5) is 9.59 Å². The molecule has 1 unspecified atom stereocenters. The molecule has 36 heavy (non-hydrogen) atoms. The fourth-order valence-corrected chi connectivity index (χ4v) is 3.31. The Morgan fingerprint density at radius 1 is 0.806 bits per heavy atom. The fraction of sp³-hybridized carbons (Fsp3) is 0.185. The second kappa shape index (κ2) is 12.6. The molecule has 0 aliphatic rings. The van der Waals surface area contributed by atoms with Crippen LogP contribution in [0.2, 0.25) is 0 Å². The number of nitriles is 1. The summed E-state index contributed by atoms with van der Waals surface area (Å²) < 4.78 is 15.7. The maximum absolute atomic E-state index is 13.3. The molecule has 2 amide bonds. The first kappa shape index (κ1) is 25.8. The molecule has 3 aromatic carbocycles. The molecule has 0 bridgehead atoms. The molecule has 0 saturated heterocycles. The number of nitrogens with zero attached hydrogens (tertiary/aromatic N) is 2. The number of carbonyl (C=O) groups excluding carboxylic acids is 3. The number of nitrogens with one attached hydrogen (secondary N) is 1. The van der Waals surface area contributed by atoms with Gasteiger partial charge in [-0.3, -0.25) is 0 Å². The first-order valence-corrected chi connectivity index (χ1v) is 11.1. The molecule has 0 heterocycles. The second-order valence-corrected chi connectivity index (χ2v) is 7.46. The van der Waals surface area contributed by atoms with Gasteiger partial charge in [0, 0.05) is 5.56 Å². The van der Waals surface area contributed by atoms with Crippen LogP contribution in [0.25, 0.3) is 0 Å². The average Bonchev–Trinajstić information content (AvgIpc) is 2.92. The molecule has 3 rings (SSSR count). The summed E-state index contributed by atoms with van der Waals surface area (Å²) in [5.74, 6) is -1.07. The van der Waals surface area contributed by atoms with Crippen LogP contribution in [0.5, 0.6) is 0 Å². The number of hydrogen-bond donors (Lipinski definition) is 1. The van der Waals surface area contributed by atoms with Crippen LogP contribution in [0.15, 0.2) is 91.0 Å². The van der Waals surface area contributed by atoms with Crippen molar-refractivity contribution in [2.24, 2.45) is 0 Å². The second-order valence-electron chi connectivity index (χ2n) is 7.46. The van der Waals surface area contributed by atoms with Crippen LogP contribution in [-0.2, 0) is 37.8 Å². The Morgan fingerprint density at radius 2 is 1.31 bits per heavy atom. The third kappa shape index (κ3) is 6.18. The molecule has 9 nitrogen and oxygen atoms in total. The van der Waals surface area contributed by atoms with E-state index in [2.05, 4.69) is 5.43 Å². The van der Waals surface area contributed by atoms with E-state index in [4.69, 9.17) is 14.2 Å². The van der Waals surface area contributed by atoms with Crippen molar-refractivity contribution in [3.05, 3.63) is 108 Å². The SMILES string of the molecule is CCOC(=O)C(C#N)(c1ccccc1)N(NC(=O)OCc1ccccc1)C(=O)OCc1ccccc1. The van der Waals surface area contributed by atoms with Crippen LogP contribution < -0.4 is 5.43 Å². The number of ether oxygens (including phenoxy) is 3. The molecule has 0 aromatic heterocycles. The summed E-state index contributed by atoms with van der Waals surface area (Å²) in [6.07, 6.45) is -2.23. The summed E-state index contributed by atoms with van der Waals surface area (Å²) in [4.78, 5) is 39.2. The molecule has 9 heteroatoms. The van der Waals surface area contributed by atoms with Gasteiger partial charge in [0.25, 0.3) is 5.54 Å². The van der Waals surface area contributed by atoms with E-state index < -0.39 is 23.7 Å². The maximum atomic E-state index is 13.3. The number of carbonyl (C=O) groups is 3. The summed E-state index contributed by atoms with van der Waals surface area (Å²) in [5.41, 5.74) is 1.29. The Labute approximate surface area is 208 Å². The molecule has 1 atom stereocenters. The Hall–Kier alpha value is -4.84. The van der Waals surface area contributed by atoms with Gasteiger partial charge >= 0.3 is 18.2 Å². The van der Waals surface area contributed by atoms with Crippen molar-refractivity contribution >= 4 is 18.2 Å². The van der Waals surface area contributed by atoms with Crippen molar-refractivity contribution in [1.82, 2.24) is 10.4 Å². The van der Waals surface area contributed by atoms with Gasteiger partial charge < -0.3 is 14.2 Å². The predicted octanol–water partition coefficient (Wildman–Crippen LogP) is 4.45. The Balaban J connectivity index is 1.94. The van der Waals surface area contributed by atoms with Gasteiger partial charge in [-0.05, 0) is 18.1 Å². The zero-order chi connectivity index (χ0) is 25.8. The summed E-state index contributed by atoms with van der Waals surface area (Å²) in [6, 6.07) is 27.3. The van der Waals surface area contributed by atoms with Gasteiger partial charge in [-0.1, -0.05) is 91.0 Å². The Bertz CT molecular complexity index is 1200. The monoisotopic (exact) mass is 487 g/mol. The quantitative estimate of drug-likeness (QED) is 0.283. The predicted molar refractivity (Wildman–Crippen MR) is 129 cm³/mol. The topological polar surface area (TPSA) is 118 Å². The smallest absolute Gasteiger partial charge is 0.431 e. The summed E-state index contributed by atoms with van der Waals surface area (Å²) in [6.45, 7) is 1.21. The van der Waals surface area contributed by atoms with Crippen LogP contribution in [0.1, 0.15) is 23.6 Å². The van der Waals surface area contributed by atoms with Crippen LogP contribution in [0.3, 0.4) is 0 Å². The standard InChI is InChI=1S/C27H25N3O6/c1-2-34-24(31)27(20-28,23-16-10-5-11-17-23)30(26(33)36-19-22-14-8-4-9-15-22)29-25(32)35-18-21-12-6-3-7-13-21/h3-17H,2,18-19H2,1H3,(H,29,32). The van der Waals surface area contributed by atoms with Gasteiger partial charge in [0.1, 0.15) is 19.3 Å². The first-order valence-electron chi connectivity index (χ1n) is 11.1. The van der Waals surface area contributed by atoms with Crippen LogP contribution >= 0.6 is 0 Å². The molecule has 0 spiro atoms. The van der Waals surface area contributed by atoms with Gasteiger partial charge in [-0.25, -0.2) is 19.8 Å². The van der Waals surface area contributed by atoms with Crippen molar-refractivity contribution in [3.8, 4) is 6.07 Å². The van der Waals surface area contributed by atoms with Gasteiger partial charge in [-0.15, -0.1) is 0 Å². The van der Waals surface area contributed by atoms with E-state index in [0.717, 1.165) is 0 Å².